The molecule has 0 radical (unpaired) electrons. The molecule has 2 aliphatic heterocycles. The maximum atomic E-state index is 11.3. The monoisotopic (exact) mass is 504 g/mol. The van der Waals surface area contributed by atoms with Crippen molar-refractivity contribution in [1.29, 1.82) is 0 Å². The van der Waals surface area contributed by atoms with Crippen molar-refractivity contribution in [3.8, 4) is 22.8 Å². The number of carboxylic acid groups (broad SMARTS) is 1. The Kier molecular flexibility index (Phi) is 6.90. The quantitative estimate of drug-likeness (QED) is 0.303. The van der Waals surface area contributed by atoms with Crippen LogP contribution in [0.2, 0.25) is 0 Å². The van der Waals surface area contributed by atoms with Crippen molar-refractivity contribution < 1.29 is 24.2 Å². The van der Waals surface area contributed by atoms with Gasteiger partial charge in [-0.3, -0.25) is 4.79 Å². The topological polar surface area (TPSA) is 93.2 Å². The number of hydrogen-bond donors (Lipinski definition) is 2. The highest BCUT2D eigenvalue weighted by atomic mass is 16.9. The van der Waals surface area contributed by atoms with E-state index in [0.29, 0.717) is 10.5 Å². The predicted octanol–water partition coefficient (Wildman–Crippen LogP) is 4.78. The van der Waals surface area contributed by atoms with E-state index in [9.17, 15) is 9.90 Å². The molecule has 194 valence electrons. The van der Waals surface area contributed by atoms with E-state index in [-0.39, 0.29) is 19.1 Å². The summed E-state index contributed by atoms with van der Waals surface area (Å²) in [5.41, 5.74) is 3.24. The van der Waals surface area contributed by atoms with Crippen molar-refractivity contribution in [2.75, 3.05) is 19.7 Å². The molecule has 0 saturated carbocycles. The van der Waals surface area contributed by atoms with Crippen molar-refractivity contribution in [3.05, 3.63) is 72.4 Å². The Bertz CT molecular complexity index is 1250. The van der Waals surface area contributed by atoms with Gasteiger partial charge in [0.2, 0.25) is 11.6 Å². The highest BCUT2D eigenvalue weighted by Crippen LogP contribution is 2.49. The van der Waals surface area contributed by atoms with Gasteiger partial charge in [-0.1, -0.05) is 41.9 Å². The molecule has 8 heteroatoms. The first-order valence-corrected chi connectivity index (χ1v) is 12.8. The molecular weight excluding hydrogens is 470 g/mol. The average molecular weight is 505 g/mol. The van der Waals surface area contributed by atoms with Gasteiger partial charge in [-0.2, -0.15) is 0 Å². The highest BCUT2D eigenvalue weighted by molar-refractivity contribution is 5.74. The van der Waals surface area contributed by atoms with E-state index in [2.05, 4.69) is 53.6 Å². The molecular formula is C29H34N3O5+. The van der Waals surface area contributed by atoms with Gasteiger partial charge < -0.3 is 14.6 Å². The Morgan fingerprint density at radius 1 is 1.16 bits per heavy atom. The Hall–Kier alpha value is -3.46. The fraction of sp³-hybridized carbons (Fsp3) is 0.379. The molecule has 0 aliphatic carbocycles. The Labute approximate surface area is 217 Å². The van der Waals surface area contributed by atoms with E-state index in [1.54, 1.807) is 26.1 Å². The fourth-order valence-corrected chi connectivity index (χ4v) is 4.53. The fourth-order valence-electron chi connectivity index (χ4n) is 4.53. The zero-order valence-corrected chi connectivity index (χ0v) is 21.5. The van der Waals surface area contributed by atoms with Gasteiger partial charge in [-0.05, 0) is 56.0 Å². The summed E-state index contributed by atoms with van der Waals surface area (Å²) < 4.78 is 12.4. The van der Waals surface area contributed by atoms with E-state index >= 15 is 0 Å². The minimum Gasteiger partial charge on any atom is -0.481 e. The number of carbonyl (C=O) groups is 1. The standard InChI is InChI=1S/C29H33N3O5/c1-4-23-18-32(28(37-32)30-15-14-20-8-6-5-7-9-20)24-12-10-21(16-25(24)36-23)22-11-13-26(31-17-22)35-19-29(2,3)27(33)34/h5-13,16-17,23,28,30H,4,14-15,18-19H2,1-3H3/p+1. The number of quaternary nitrogens is 1. The molecule has 5 rings (SSSR count). The van der Waals surface area contributed by atoms with E-state index in [1.165, 1.54) is 5.56 Å². The molecule has 1 fully saturated rings. The molecule has 2 aliphatic rings. The van der Waals surface area contributed by atoms with Crippen LogP contribution in [0.1, 0.15) is 32.8 Å². The lowest BCUT2D eigenvalue weighted by Gasteiger charge is -2.28. The third-order valence-corrected chi connectivity index (χ3v) is 7.02. The number of ether oxygens (including phenoxy) is 2. The predicted molar refractivity (Wildman–Crippen MR) is 141 cm³/mol. The number of hydroxylamine groups is 2. The largest absolute Gasteiger partial charge is 0.481 e. The molecule has 2 aromatic carbocycles. The lowest BCUT2D eigenvalue weighted by molar-refractivity contribution is -0.148. The molecule has 1 spiro atoms. The summed E-state index contributed by atoms with van der Waals surface area (Å²) in [5, 5.41) is 12.8. The summed E-state index contributed by atoms with van der Waals surface area (Å²) in [7, 11) is 0. The van der Waals surface area contributed by atoms with Crippen LogP contribution in [0.15, 0.2) is 66.9 Å². The van der Waals surface area contributed by atoms with Crippen molar-refractivity contribution in [3.63, 3.8) is 0 Å². The summed E-state index contributed by atoms with van der Waals surface area (Å²) in [5.74, 6) is 0.309. The zero-order chi connectivity index (χ0) is 26.0. The number of aliphatic carboxylic acids is 1. The molecule has 3 atom stereocenters. The molecule has 3 unspecified atom stereocenters. The van der Waals surface area contributed by atoms with Crippen LogP contribution in [0, 0.1) is 5.41 Å². The molecule has 1 saturated heterocycles. The minimum absolute atomic E-state index is 0.0420. The lowest BCUT2D eigenvalue weighted by atomic mass is 9.95. The summed E-state index contributed by atoms with van der Waals surface area (Å²) in [6, 6.07) is 20.3. The van der Waals surface area contributed by atoms with Gasteiger partial charge in [0.15, 0.2) is 18.4 Å². The van der Waals surface area contributed by atoms with Crippen LogP contribution in [-0.4, -0.2) is 48.2 Å². The number of pyridine rings is 1. The van der Waals surface area contributed by atoms with E-state index < -0.39 is 11.4 Å². The second-order valence-corrected chi connectivity index (χ2v) is 10.3. The number of rotatable bonds is 10. The minimum atomic E-state index is -0.987. The van der Waals surface area contributed by atoms with Gasteiger partial charge in [0.25, 0.3) is 0 Å². The molecule has 2 N–H and O–H groups in total. The van der Waals surface area contributed by atoms with Crippen LogP contribution in [-0.2, 0) is 16.1 Å². The first kappa shape index (κ1) is 25.2. The Morgan fingerprint density at radius 3 is 2.65 bits per heavy atom. The normalized spacial score (nSPS) is 22.2. The number of carboxylic acids is 1. The van der Waals surface area contributed by atoms with Crippen LogP contribution in [0.4, 0.5) is 5.69 Å². The summed E-state index contributed by atoms with van der Waals surface area (Å²) in [4.78, 5) is 21.9. The van der Waals surface area contributed by atoms with Crippen LogP contribution in [0.25, 0.3) is 11.1 Å². The highest BCUT2D eigenvalue weighted by Gasteiger charge is 2.65. The number of nitrogens with one attached hydrogen (secondary N) is 1. The van der Waals surface area contributed by atoms with Crippen molar-refractivity contribution in [1.82, 2.24) is 14.9 Å². The van der Waals surface area contributed by atoms with E-state index in [1.807, 2.05) is 18.2 Å². The Morgan fingerprint density at radius 2 is 1.95 bits per heavy atom. The van der Waals surface area contributed by atoms with Gasteiger partial charge >= 0.3 is 12.3 Å². The molecule has 0 amide bonds. The molecule has 1 aromatic heterocycles. The van der Waals surface area contributed by atoms with Crippen LogP contribution in [0.3, 0.4) is 0 Å². The summed E-state index contributed by atoms with van der Waals surface area (Å²) in [6.45, 7) is 7.03. The molecule has 3 heterocycles. The molecule has 0 bridgehead atoms. The SMILES string of the molecule is CCC1C[N+]2(OC2NCCc2ccccc2)c2ccc(-c3ccc(OCC(C)(C)C(=O)O)nc3)cc2O1. The van der Waals surface area contributed by atoms with Gasteiger partial charge in [0.1, 0.15) is 6.61 Å². The average Bonchev–Trinajstić information content (AvgIpc) is 3.59. The van der Waals surface area contributed by atoms with Gasteiger partial charge in [-0.15, -0.1) is 4.84 Å². The van der Waals surface area contributed by atoms with Gasteiger partial charge in [-0.25, -0.2) is 10.3 Å². The second kappa shape index (κ2) is 10.1. The van der Waals surface area contributed by atoms with E-state index in [4.69, 9.17) is 14.3 Å². The van der Waals surface area contributed by atoms with Crippen molar-refractivity contribution in [2.24, 2.45) is 5.41 Å². The van der Waals surface area contributed by atoms with E-state index in [0.717, 1.165) is 48.5 Å². The maximum Gasteiger partial charge on any atom is 0.338 e. The zero-order valence-electron chi connectivity index (χ0n) is 21.5. The number of aromatic nitrogens is 1. The first-order chi connectivity index (χ1) is 17.8. The van der Waals surface area contributed by atoms with Gasteiger partial charge in [0.05, 0.1) is 5.41 Å². The maximum absolute atomic E-state index is 11.3. The lowest BCUT2D eigenvalue weighted by Crippen LogP contribution is -2.46. The number of hydrogen-bond acceptors (Lipinski definition) is 6. The molecule has 3 aromatic rings. The number of fused-ring (bicyclic) bond motifs is 2. The summed E-state index contributed by atoms with van der Waals surface area (Å²) in [6.07, 6.45) is 3.55. The summed E-state index contributed by atoms with van der Waals surface area (Å²) >= 11 is 0. The molecule has 37 heavy (non-hydrogen) atoms. The van der Waals surface area contributed by atoms with Gasteiger partial charge in [0, 0.05) is 30.4 Å². The van der Waals surface area contributed by atoms with Crippen molar-refractivity contribution in [2.45, 2.75) is 46.1 Å². The van der Waals surface area contributed by atoms with Crippen molar-refractivity contribution >= 4 is 11.7 Å². The third kappa shape index (κ3) is 5.32. The number of nitrogens with zero attached hydrogens (tertiary/aromatic N) is 2. The second-order valence-electron chi connectivity index (χ2n) is 10.3. The molecule has 8 nitrogen and oxygen atoms in total. The number of benzene rings is 2. The van der Waals surface area contributed by atoms with Crippen LogP contribution >= 0.6 is 0 Å². The van der Waals surface area contributed by atoms with Crippen LogP contribution in [0.5, 0.6) is 11.6 Å². The first-order valence-electron chi connectivity index (χ1n) is 12.8. The Balaban J connectivity index is 1.28. The third-order valence-electron chi connectivity index (χ3n) is 7.02. The van der Waals surface area contributed by atoms with Crippen LogP contribution < -0.4 is 19.4 Å². The smallest absolute Gasteiger partial charge is 0.338 e.